The van der Waals surface area contributed by atoms with Crippen LogP contribution < -0.4 is 5.32 Å². The van der Waals surface area contributed by atoms with Crippen LogP contribution in [-0.2, 0) is 0 Å². The van der Waals surface area contributed by atoms with Gasteiger partial charge in [-0.15, -0.1) is 0 Å². The number of hydrogen-bond donors (Lipinski definition) is 2. The van der Waals surface area contributed by atoms with E-state index in [0.717, 1.165) is 5.56 Å². The fourth-order valence-electron chi connectivity index (χ4n) is 1.93. The Morgan fingerprint density at radius 3 is 2.33 bits per heavy atom. The van der Waals surface area contributed by atoms with Gasteiger partial charge in [0.15, 0.2) is 10.4 Å². The fraction of sp³-hybridized carbons (Fsp3) is 0.312. The summed E-state index contributed by atoms with van der Waals surface area (Å²) in [5, 5.41) is 12.7. The fourth-order valence-corrected chi connectivity index (χ4v) is 2.24. The van der Waals surface area contributed by atoms with Gasteiger partial charge in [-0.2, -0.15) is 0 Å². The highest BCUT2D eigenvalue weighted by molar-refractivity contribution is 9.10. The molecular weight excluding hydrogens is 334 g/mol. The van der Waals surface area contributed by atoms with Gasteiger partial charge in [-0.05, 0) is 45.1 Å². The predicted molar refractivity (Wildman–Crippen MR) is 84.2 cm³/mol. The Morgan fingerprint density at radius 1 is 1.19 bits per heavy atom. The maximum atomic E-state index is 11.8. The van der Waals surface area contributed by atoms with Gasteiger partial charge in [0.1, 0.15) is 0 Å². The Labute approximate surface area is 132 Å². The topological polar surface area (TPSA) is 62.5 Å². The van der Waals surface area contributed by atoms with Crippen LogP contribution in [0.5, 0.6) is 0 Å². The monoisotopic (exact) mass is 351 g/mol. The van der Waals surface area contributed by atoms with Crippen LogP contribution in [0.3, 0.4) is 0 Å². The third kappa shape index (κ3) is 4.19. The highest BCUT2D eigenvalue weighted by atomic mass is 79.9. The predicted octanol–water partition coefficient (Wildman–Crippen LogP) is 3.63. The summed E-state index contributed by atoms with van der Waals surface area (Å²) in [6, 6.07) is 11.0. The largest absolute Gasteiger partial charge is 0.444 e. The highest BCUT2D eigenvalue weighted by Gasteiger charge is 2.13. The number of nitrogens with one attached hydrogen (secondary N) is 1. The smallest absolute Gasteiger partial charge is 0.287 e. The first kappa shape index (κ1) is 15.8. The van der Waals surface area contributed by atoms with E-state index in [1.54, 1.807) is 12.1 Å². The van der Waals surface area contributed by atoms with E-state index in [4.69, 9.17) is 4.42 Å². The molecule has 5 heteroatoms. The van der Waals surface area contributed by atoms with Crippen LogP contribution in [0.2, 0.25) is 0 Å². The summed E-state index contributed by atoms with van der Waals surface area (Å²) < 4.78 is 5.65. The van der Waals surface area contributed by atoms with Crippen molar-refractivity contribution in [1.29, 1.82) is 0 Å². The molecule has 0 bridgehead atoms. The molecule has 4 nitrogen and oxygen atoms in total. The molecule has 0 fully saturated rings. The Morgan fingerprint density at radius 2 is 1.81 bits per heavy atom. The van der Waals surface area contributed by atoms with Crippen molar-refractivity contribution >= 4 is 21.8 Å². The van der Waals surface area contributed by atoms with Gasteiger partial charge < -0.3 is 14.8 Å². The minimum Gasteiger partial charge on any atom is -0.444 e. The molecule has 2 N–H and O–H groups in total. The molecule has 0 radical (unpaired) electrons. The zero-order chi connectivity index (χ0) is 15.4. The maximum absolute atomic E-state index is 11.8. The lowest BCUT2D eigenvalue weighted by Crippen LogP contribution is -2.28. The van der Waals surface area contributed by atoms with Gasteiger partial charge in [0.05, 0.1) is 6.10 Å². The molecule has 1 aromatic carbocycles. The summed E-state index contributed by atoms with van der Waals surface area (Å²) in [5.41, 5.74) is 2.00. The van der Waals surface area contributed by atoms with Gasteiger partial charge in [0.2, 0.25) is 0 Å². The number of carbonyl (C=O) groups is 1. The lowest BCUT2D eigenvalue weighted by Gasteiger charge is -2.13. The van der Waals surface area contributed by atoms with E-state index < -0.39 is 6.10 Å². The number of hydrogen-bond acceptors (Lipinski definition) is 3. The normalized spacial score (nSPS) is 12.4. The molecule has 0 saturated heterocycles. The second-order valence-electron chi connectivity index (χ2n) is 5.15. The quantitative estimate of drug-likeness (QED) is 0.864. The molecule has 1 atom stereocenters. The molecule has 112 valence electrons. The summed E-state index contributed by atoms with van der Waals surface area (Å²) in [6.07, 6.45) is -0.742. The van der Waals surface area contributed by atoms with E-state index in [1.807, 2.05) is 24.3 Å². The first-order valence-corrected chi connectivity index (χ1v) is 7.58. The number of aliphatic hydroxyl groups is 1. The van der Waals surface area contributed by atoms with E-state index in [2.05, 4.69) is 35.1 Å². The Kier molecular flexibility index (Phi) is 5.20. The summed E-state index contributed by atoms with van der Waals surface area (Å²) in [5.74, 6) is 0.316. The Hall–Kier alpha value is -1.59. The lowest BCUT2D eigenvalue weighted by atomic mass is 10.00. The Bertz CT molecular complexity index is 604. The van der Waals surface area contributed by atoms with Gasteiger partial charge in [0, 0.05) is 6.54 Å². The van der Waals surface area contributed by atoms with E-state index in [1.165, 1.54) is 5.56 Å². The molecule has 0 saturated carbocycles. The van der Waals surface area contributed by atoms with Crippen molar-refractivity contribution in [2.75, 3.05) is 6.54 Å². The van der Waals surface area contributed by atoms with Crippen molar-refractivity contribution in [3.63, 3.8) is 0 Å². The van der Waals surface area contributed by atoms with E-state index in [9.17, 15) is 9.90 Å². The van der Waals surface area contributed by atoms with Crippen molar-refractivity contribution in [2.45, 2.75) is 25.9 Å². The number of furan rings is 1. The summed E-state index contributed by atoms with van der Waals surface area (Å²) >= 11 is 3.14. The SMILES string of the molecule is CC(C)c1ccc(C(O)CNC(=O)c2ccc(Br)o2)cc1. The van der Waals surface area contributed by atoms with Crippen LogP contribution in [0, 0.1) is 0 Å². The summed E-state index contributed by atoms with van der Waals surface area (Å²) in [4.78, 5) is 11.8. The zero-order valence-electron chi connectivity index (χ0n) is 12.0. The van der Waals surface area contributed by atoms with E-state index in [0.29, 0.717) is 10.6 Å². The maximum Gasteiger partial charge on any atom is 0.287 e. The number of halogens is 1. The summed E-state index contributed by atoms with van der Waals surface area (Å²) in [7, 11) is 0. The second-order valence-corrected chi connectivity index (χ2v) is 5.93. The van der Waals surface area contributed by atoms with Gasteiger partial charge in [-0.25, -0.2) is 0 Å². The van der Waals surface area contributed by atoms with Gasteiger partial charge in [-0.1, -0.05) is 38.1 Å². The molecule has 1 unspecified atom stereocenters. The number of benzene rings is 1. The third-order valence-electron chi connectivity index (χ3n) is 3.24. The van der Waals surface area contributed by atoms with Crippen molar-refractivity contribution in [3.8, 4) is 0 Å². The van der Waals surface area contributed by atoms with Crippen molar-refractivity contribution < 1.29 is 14.3 Å². The molecule has 1 aromatic heterocycles. The van der Waals surface area contributed by atoms with Gasteiger partial charge >= 0.3 is 0 Å². The van der Waals surface area contributed by atoms with Crippen LogP contribution in [0.4, 0.5) is 0 Å². The molecule has 21 heavy (non-hydrogen) atoms. The lowest BCUT2D eigenvalue weighted by molar-refractivity contribution is 0.0888. The standard InChI is InChI=1S/C16H18BrNO3/c1-10(2)11-3-5-12(6-4-11)13(19)9-18-16(20)14-7-8-15(17)21-14/h3-8,10,13,19H,9H2,1-2H3,(H,18,20). The molecular formula is C16H18BrNO3. The minimum atomic E-state index is -0.742. The van der Waals surface area contributed by atoms with E-state index in [-0.39, 0.29) is 18.2 Å². The van der Waals surface area contributed by atoms with Crippen molar-refractivity contribution in [1.82, 2.24) is 5.32 Å². The van der Waals surface area contributed by atoms with Crippen LogP contribution in [0.1, 0.15) is 47.6 Å². The average molecular weight is 352 g/mol. The average Bonchev–Trinajstić information content (AvgIpc) is 2.91. The summed E-state index contributed by atoms with van der Waals surface area (Å²) in [6.45, 7) is 4.37. The van der Waals surface area contributed by atoms with Crippen LogP contribution in [-0.4, -0.2) is 17.6 Å². The number of rotatable bonds is 5. The first-order chi connectivity index (χ1) is 9.97. The zero-order valence-corrected chi connectivity index (χ0v) is 13.6. The number of aliphatic hydroxyl groups excluding tert-OH is 1. The highest BCUT2D eigenvalue weighted by Crippen LogP contribution is 2.19. The van der Waals surface area contributed by atoms with Crippen LogP contribution in [0.15, 0.2) is 45.5 Å². The molecule has 0 aliphatic heterocycles. The Balaban J connectivity index is 1.92. The first-order valence-electron chi connectivity index (χ1n) is 6.79. The second kappa shape index (κ2) is 6.91. The van der Waals surface area contributed by atoms with Gasteiger partial charge in [-0.3, -0.25) is 4.79 Å². The van der Waals surface area contributed by atoms with E-state index >= 15 is 0 Å². The van der Waals surface area contributed by atoms with Gasteiger partial charge in [0.25, 0.3) is 5.91 Å². The molecule has 0 aliphatic rings. The molecule has 0 spiro atoms. The molecule has 1 heterocycles. The molecule has 0 aliphatic carbocycles. The van der Waals surface area contributed by atoms with Crippen LogP contribution in [0.25, 0.3) is 0 Å². The molecule has 2 rings (SSSR count). The number of amides is 1. The van der Waals surface area contributed by atoms with Crippen molar-refractivity contribution in [3.05, 3.63) is 58.0 Å². The minimum absolute atomic E-state index is 0.137. The van der Waals surface area contributed by atoms with Crippen LogP contribution >= 0.6 is 15.9 Å². The number of carbonyl (C=O) groups excluding carboxylic acids is 1. The third-order valence-corrected chi connectivity index (χ3v) is 3.67. The molecule has 1 amide bonds. The van der Waals surface area contributed by atoms with Crippen molar-refractivity contribution in [2.24, 2.45) is 0 Å². The molecule has 2 aromatic rings.